The van der Waals surface area contributed by atoms with Gasteiger partial charge in [0.2, 0.25) is 5.89 Å². The Morgan fingerprint density at radius 2 is 1.93 bits per heavy atom. The number of rotatable bonds is 9. The van der Waals surface area contributed by atoms with Gasteiger partial charge in [-0.15, -0.1) is 0 Å². The first-order valence-electron chi connectivity index (χ1n) is 14.0. The number of carbonyl (C=O) groups excluding carboxylic acids is 2. The Balaban J connectivity index is 1.32. The van der Waals surface area contributed by atoms with Gasteiger partial charge in [-0.2, -0.15) is 13.2 Å². The highest BCUT2D eigenvalue weighted by atomic mass is 19.4. The number of fused-ring (bicyclic) bond motifs is 1. The molecule has 2 saturated carbocycles. The molecule has 11 nitrogen and oxygen atoms in total. The molecule has 3 fully saturated rings. The lowest BCUT2D eigenvalue weighted by molar-refractivity contribution is -0.150. The first-order chi connectivity index (χ1) is 20.5. The van der Waals surface area contributed by atoms with E-state index in [1.165, 1.54) is 13.2 Å². The highest BCUT2D eigenvalue weighted by molar-refractivity contribution is 5.93. The second-order valence-electron chi connectivity index (χ2n) is 11.3. The van der Waals surface area contributed by atoms with Crippen molar-refractivity contribution < 1.29 is 45.3 Å². The third-order valence-corrected chi connectivity index (χ3v) is 8.32. The third kappa shape index (κ3) is 5.88. The number of alkyl halides is 4. The van der Waals surface area contributed by atoms with E-state index in [9.17, 15) is 27.2 Å². The van der Waals surface area contributed by atoms with Crippen molar-refractivity contribution >= 4 is 23.0 Å². The fourth-order valence-electron chi connectivity index (χ4n) is 5.87. The van der Waals surface area contributed by atoms with Crippen LogP contribution in [0, 0.1) is 11.7 Å². The number of hydrogen-bond acceptors (Lipinski definition) is 8. The molecule has 2 N–H and O–H groups in total. The fourth-order valence-corrected chi connectivity index (χ4v) is 5.87. The van der Waals surface area contributed by atoms with Crippen LogP contribution in [-0.4, -0.2) is 70.8 Å². The fraction of sp³-hybridized carbons (Fsp3) is 0.593. The quantitative estimate of drug-likeness (QED) is 0.327. The molecule has 0 radical (unpaired) electrons. The number of aromatic nitrogens is 3. The maximum Gasteiger partial charge on any atom is 0.410 e. The predicted molar refractivity (Wildman–Crippen MR) is 137 cm³/mol. The van der Waals surface area contributed by atoms with E-state index in [1.54, 1.807) is 0 Å². The molecule has 3 atom stereocenters. The molecule has 43 heavy (non-hydrogen) atoms. The SMILES string of the molecule is COCC(c1cc(F)c2oc(C(NC(=O)c3nonc3C3CC3)C3CCC(F)CC3)nc2c1)N1CC(C(F)(F)F)NC1=O. The summed E-state index contributed by atoms with van der Waals surface area (Å²) in [4.78, 5) is 31.2. The van der Waals surface area contributed by atoms with Gasteiger partial charge < -0.3 is 24.7 Å². The summed E-state index contributed by atoms with van der Waals surface area (Å²) >= 11 is 0. The van der Waals surface area contributed by atoms with E-state index in [1.807, 2.05) is 5.32 Å². The molecule has 1 aromatic carbocycles. The van der Waals surface area contributed by atoms with E-state index in [2.05, 4.69) is 20.6 Å². The topological polar surface area (TPSA) is 136 Å². The van der Waals surface area contributed by atoms with Crippen LogP contribution in [0.25, 0.3) is 11.1 Å². The van der Waals surface area contributed by atoms with Crippen molar-refractivity contribution in [2.45, 2.75) is 74.9 Å². The van der Waals surface area contributed by atoms with E-state index in [0.29, 0.717) is 18.5 Å². The van der Waals surface area contributed by atoms with Crippen LogP contribution in [0.1, 0.15) is 84.2 Å². The van der Waals surface area contributed by atoms with Crippen molar-refractivity contribution in [3.8, 4) is 0 Å². The number of ether oxygens (including phenoxy) is 1. The zero-order valence-corrected chi connectivity index (χ0v) is 23.0. The average molecular weight is 613 g/mol. The van der Waals surface area contributed by atoms with Crippen molar-refractivity contribution in [1.29, 1.82) is 0 Å². The Labute approximate surface area is 241 Å². The maximum absolute atomic E-state index is 15.5. The zero-order valence-electron chi connectivity index (χ0n) is 23.0. The number of carbonyl (C=O) groups is 2. The van der Waals surface area contributed by atoms with E-state index >= 15 is 4.39 Å². The molecular weight excluding hydrogens is 583 g/mol. The van der Waals surface area contributed by atoms with Gasteiger partial charge in [0.05, 0.1) is 19.2 Å². The molecule has 2 aromatic heterocycles. The maximum atomic E-state index is 15.5. The largest absolute Gasteiger partial charge is 0.435 e. The van der Waals surface area contributed by atoms with E-state index in [0.717, 1.165) is 23.8 Å². The molecule has 6 rings (SSSR count). The molecule has 3 aromatic rings. The highest BCUT2D eigenvalue weighted by Crippen LogP contribution is 2.41. The number of nitrogens with zero attached hydrogens (tertiary/aromatic N) is 4. The summed E-state index contributed by atoms with van der Waals surface area (Å²) in [7, 11) is 1.31. The predicted octanol–water partition coefficient (Wildman–Crippen LogP) is 4.87. The number of halogens is 5. The summed E-state index contributed by atoms with van der Waals surface area (Å²) in [5.41, 5.74) is 0.401. The van der Waals surface area contributed by atoms with Gasteiger partial charge in [-0.3, -0.25) is 4.79 Å². The van der Waals surface area contributed by atoms with Gasteiger partial charge >= 0.3 is 12.2 Å². The third-order valence-electron chi connectivity index (χ3n) is 8.32. The number of urea groups is 1. The lowest BCUT2D eigenvalue weighted by atomic mass is 9.83. The number of benzene rings is 1. The molecule has 3 heterocycles. The molecule has 2 aliphatic carbocycles. The van der Waals surface area contributed by atoms with E-state index < -0.39 is 54.8 Å². The Morgan fingerprint density at radius 3 is 2.58 bits per heavy atom. The van der Waals surface area contributed by atoms with Crippen LogP contribution in [0.4, 0.5) is 26.7 Å². The van der Waals surface area contributed by atoms with Crippen LogP contribution in [0.3, 0.4) is 0 Å². The summed E-state index contributed by atoms with van der Waals surface area (Å²) in [6, 6.07) is -2.52. The van der Waals surface area contributed by atoms with Crippen LogP contribution in [0.5, 0.6) is 0 Å². The Bertz CT molecular complexity index is 1500. The first kappa shape index (κ1) is 29.3. The van der Waals surface area contributed by atoms with Crippen LogP contribution < -0.4 is 10.6 Å². The Kier molecular flexibility index (Phi) is 7.73. The molecular formula is C27H29F5N6O5. The van der Waals surface area contributed by atoms with Crippen LogP contribution in [0.15, 0.2) is 21.2 Å². The average Bonchev–Trinajstić information content (AvgIpc) is 3.33. The molecule has 232 valence electrons. The van der Waals surface area contributed by atoms with Gasteiger partial charge in [0.1, 0.15) is 29.5 Å². The molecule has 16 heteroatoms. The van der Waals surface area contributed by atoms with E-state index in [4.69, 9.17) is 13.8 Å². The smallest absolute Gasteiger partial charge is 0.410 e. The number of nitrogens with one attached hydrogen (secondary N) is 2. The summed E-state index contributed by atoms with van der Waals surface area (Å²) in [6.07, 6.45) is -2.59. The van der Waals surface area contributed by atoms with Gasteiger partial charge in [-0.1, -0.05) is 5.16 Å². The summed E-state index contributed by atoms with van der Waals surface area (Å²) in [6.45, 7) is -0.904. The van der Waals surface area contributed by atoms with Crippen LogP contribution in [0.2, 0.25) is 0 Å². The molecule has 3 amide bonds. The number of amides is 3. The van der Waals surface area contributed by atoms with Gasteiger partial charge in [0, 0.05) is 13.0 Å². The number of hydrogen-bond donors (Lipinski definition) is 2. The second-order valence-corrected chi connectivity index (χ2v) is 11.3. The number of methoxy groups -OCH3 is 1. The van der Waals surface area contributed by atoms with Crippen LogP contribution >= 0.6 is 0 Å². The van der Waals surface area contributed by atoms with Gasteiger partial charge in [-0.05, 0) is 67.3 Å². The molecule has 0 spiro atoms. The van der Waals surface area contributed by atoms with Gasteiger partial charge in [0.25, 0.3) is 5.91 Å². The summed E-state index contributed by atoms with van der Waals surface area (Å²) < 4.78 is 85.2. The normalized spacial score (nSPS) is 24.3. The lowest BCUT2D eigenvalue weighted by Gasteiger charge is -2.30. The summed E-state index contributed by atoms with van der Waals surface area (Å²) in [5.74, 6) is -1.68. The van der Waals surface area contributed by atoms with Crippen LogP contribution in [-0.2, 0) is 4.74 Å². The van der Waals surface area contributed by atoms with Crippen molar-refractivity contribution in [1.82, 2.24) is 30.8 Å². The Morgan fingerprint density at radius 1 is 1.19 bits per heavy atom. The first-order valence-corrected chi connectivity index (χ1v) is 14.0. The van der Waals surface area contributed by atoms with Crippen molar-refractivity contribution in [2.24, 2.45) is 5.92 Å². The lowest BCUT2D eigenvalue weighted by Crippen LogP contribution is -2.40. The molecule has 3 aliphatic rings. The Hall–Kier alpha value is -3.82. The summed E-state index contributed by atoms with van der Waals surface area (Å²) in [5, 5.41) is 12.4. The minimum absolute atomic E-state index is 0.0227. The van der Waals surface area contributed by atoms with Crippen molar-refractivity contribution in [3.05, 3.63) is 40.8 Å². The highest BCUT2D eigenvalue weighted by Gasteiger charge is 2.48. The van der Waals surface area contributed by atoms with Crippen molar-refractivity contribution in [2.75, 3.05) is 20.3 Å². The minimum atomic E-state index is -4.67. The monoisotopic (exact) mass is 612 g/mol. The number of oxazole rings is 1. The van der Waals surface area contributed by atoms with Gasteiger partial charge in [-0.25, -0.2) is 23.2 Å². The second kappa shape index (κ2) is 11.4. The molecule has 1 saturated heterocycles. The minimum Gasteiger partial charge on any atom is -0.435 e. The molecule has 1 aliphatic heterocycles. The van der Waals surface area contributed by atoms with E-state index in [-0.39, 0.29) is 59.5 Å². The van der Waals surface area contributed by atoms with Crippen molar-refractivity contribution in [3.63, 3.8) is 0 Å². The molecule has 3 unspecified atom stereocenters. The zero-order chi connectivity index (χ0) is 30.5. The molecule has 0 bridgehead atoms. The standard InChI is InChI=1S/C27H29F5N6O5/c1-41-11-18(38-10-19(27(30,31)32)34-26(38)40)14-8-16(29)23-17(9-14)33-25(42-23)21(13-4-6-15(28)7-5-13)35-24(39)22-20(12-2-3-12)36-43-37-22/h8-9,12-13,15,18-19,21H,2-7,10-11H2,1H3,(H,34,40)(H,35,39). The van der Waals surface area contributed by atoms with Gasteiger partial charge in [0.15, 0.2) is 17.1 Å².